The van der Waals surface area contributed by atoms with Crippen molar-refractivity contribution in [2.24, 2.45) is 5.92 Å². The minimum Gasteiger partial charge on any atom is -0.347 e. The smallest absolute Gasteiger partial charge is 0.243 e. The molecule has 0 bridgehead atoms. The Balaban J connectivity index is 1.43. The van der Waals surface area contributed by atoms with Crippen molar-refractivity contribution in [3.8, 4) is 11.4 Å². The fraction of sp³-hybridized carbons (Fsp3) is 0.400. The highest BCUT2D eigenvalue weighted by atomic mass is 16.2. The van der Waals surface area contributed by atoms with E-state index in [1.165, 1.54) is 19.3 Å². The molecule has 0 spiro atoms. The van der Waals surface area contributed by atoms with Crippen LogP contribution in [0, 0.1) is 5.92 Å². The van der Waals surface area contributed by atoms with E-state index < -0.39 is 0 Å². The van der Waals surface area contributed by atoms with Crippen molar-refractivity contribution in [3.05, 3.63) is 42.7 Å². The molecule has 0 unspecified atom stereocenters. The van der Waals surface area contributed by atoms with Crippen molar-refractivity contribution in [1.29, 1.82) is 0 Å². The molecule has 0 radical (unpaired) electrons. The summed E-state index contributed by atoms with van der Waals surface area (Å²) < 4.78 is 0. The van der Waals surface area contributed by atoms with Gasteiger partial charge in [-0.3, -0.25) is 9.59 Å². The molecule has 3 rings (SSSR count). The van der Waals surface area contributed by atoms with Gasteiger partial charge in [-0.2, -0.15) is 0 Å². The van der Waals surface area contributed by atoms with Crippen LogP contribution in [0.1, 0.15) is 38.5 Å². The average molecular weight is 352 g/mol. The predicted octanol–water partition coefficient (Wildman–Crippen LogP) is 3.17. The van der Waals surface area contributed by atoms with Gasteiger partial charge in [0.25, 0.3) is 0 Å². The number of benzene rings is 1. The van der Waals surface area contributed by atoms with Crippen molar-refractivity contribution in [2.45, 2.75) is 38.5 Å². The van der Waals surface area contributed by atoms with Crippen LogP contribution in [0.25, 0.3) is 11.4 Å². The Kier molecular flexibility index (Phi) is 6.30. The number of aromatic nitrogens is 2. The van der Waals surface area contributed by atoms with Crippen LogP contribution in [0.15, 0.2) is 42.7 Å². The molecular weight excluding hydrogens is 328 g/mol. The number of hydrogen-bond donors (Lipinski definition) is 2. The quantitative estimate of drug-likeness (QED) is 0.836. The lowest BCUT2D eigenvalue weighted by molar-refractivity contribution is -0.125. The van der Waals surface area contributed by atoms with Gasteiger partial charge in [-0.15, -0.1) is 0 Å². The lowest BCUT2D eigenvalue weighted by atomic mass is 9.87. The molecule has 1 aliphatic carbocycles. The Morgan fingerprint density at radius 2 is 1.65 bits per heavy atom. The van der Waals surface area contributed by atoms with Crippen LogP contribution in [-0.2, 0) is 9.59 Å². The molecule has 0 saturated heterocycles. The molecule has 136 valence electrons. The number of rotatable bonds is 6. The largest absolute Gasteiger partial charge is 0.347 e. The first-order chi connectivity index (χ1) is 12.7. The summed E-state index contributed by atoms with van der Waals surface area (Å²) in [6.45, 7) is -0.0357. The maximum absolute atomic E-state index is 12.0. The van der Waals surface area contributed by atoms with E-state index in [-0.39, 0.29) is 18.4 Å². The van der Waals surface area contributed by atoms with E-state index in [4.69, 9.17) is 0 Å². The maximum Gasteiger partial charge on any atom is 0.243 e. The van der Waals surface area contributed by atoms with Gasteiger partial charge < -0.3 is 10.6 Å². The van der Waals surface area contributed by atoms with E-state index in [1.807, 2.05) is 30.3 Å². The van der Waals surface area contributed by atoms with E-state index >= 15 is 0 Å². The molecule has 1 fully saturated rings. The van der Waals surface area contributed by atoms with Crippen LogP contribution >= 0.6 is 0 Å². The number of nitrogens with one attached hydrogen (secondary N) is 2. The topological polar surface area (TPSA) is 84.0 Å². The van der Waals surface area contributed by atoms with Gasteiger partial charge in [0.2, 0.25) is 11.8 Å². The molecule has 1 aromatic heterocycles. The Hall–Kier alpha value is -2.76. The first-order valence-corrected chi connectivity index (χ1v) is 9.15. The van der Waals surface area contributed by atoms with Gasteiger partial charge in [0.05, 0.1) is 24.6 Å². The van der Waals surface area contributed by atoms with Gasteiger partial charge >= 0.3 is 0 Å². The van der Waals surface area contributed by atoms with Gasteiger partial charge in [-0.05, 0) is 18.8 Å². The lowest BCUT2D eigenvalue weighted by Crippen LogP contribution is -2.34. The standard InChI is InChI=1S/C20H24N4O2/c25-18(11-15-7-3-1-4-8-15)21-14-19(26)24-17-12-22-20(23-13-17)16-9-5-2-6-10-16/h2,5-6,9-10,12-13,15H,1,3-4,7-8,11,14H2,(H,21,25)(H,24,26). The highest BCUT2D eigenvalue weighted by Gasteiger charge is 2.17. The van der Waals surface area contributed by atoms with Crippen LogP contribution < -0.4 is 10.6 Å². The highest BCUT2D eigenvalue weighted by molar-refractivity contribution is 5.94. The molecule has 6 heteroatoms. The molecule has 6 nitrogen and oxygen atoms in total. The van der Waals surface area contributed by atoms with Crippen LogP contribution in [0.5, 0.6) is 0 Å². The SMILES string of the molecule is O=C(CC1CCCCC1)NCC(=O)Nc1cnc(-c2ccccc2)nc1. The first-order valence-electron chi connectivity index (χ1n) is 9.15. The van der Waals surface area contributed by atoms with E-state index in [9.17, 15) is 9.59 Å². The van der Waals surface area contributed by atoms with Gasteiger partial charge in [0.1, 0.15) is 0 Å². The second kappa shape index (κ2) is 9.08. The summed E-state index contributed by atoms with van der Waals surface area (Å²) in [6, 6.07) is 9.63. The van der Waals surface area contributed by atoms with Gasteiger partial charge in [-0.25, -0.2) is 9.97 Å². The number of hydrogen-bond acceptors (Lipinski definition) is 4. The third-order valence-corrected chi connectivity index (χ3v) is 4.61. The number of amides is 2. The van der Waals surface area contributed by atoms with Crippen LogP contribution in [0.2, 0.25) is 0 Å². The number of anilines is 1. The Bertz CT molecular complexity index is 725. The zero-order chi connectivity index (χ0) is 18.2. The third kappa shape index (κ3) is 5.37. The van der Waals surface area contributed by atoms with Crippen molar-refractivity contribution < 1.29 is 9.59 Å². The molecule has 2 amide bonds. The van der Waals surface area contributed by atoms with E-state index in [1.54, 1.807) is 12.4 Å². The molecule has 26 heavy (non-hydrogen) atoms. The second-order valence-electron chi connectivity index (χ2n) is 6.69. The van der Waals surface area contributed by atoms with Crippen LogP contribution in [0.3, 0.4) is 0 Å². The summed E-state index contributed by atoms with van der Waals surface area (Å²) in [5.41, 5.74) is 1.43. The molecule has 0 atom stereocenters. The van der Waals surface area contributed by atoms with Gasteiger partial charge in [-0.1, -0.05) is 49.6 Å². The minimum atomic E-state index is -0.280. The fourth-order valence-electron chi connectivity index (χ4n) is 3.24. The van der Waals surface area contributed by atoms with E-state index in [0.717, 1.165) is 18.4 Å². The molecule has 1 aromatic carbocycles. The highest BCUT2D eigenvalue weighted by Crippen LogP contribution is 2.26. The fourth-order valence-corrected chi connectivity index (χ4v) is 3.24. The molecule has 0 aliphatic heterocycles. The van der Waals surface area contributed by atoms with Crippen LogP contribution in [0.4, 0.5) is 5.69 Å². The maximum atomic E-state index is 12.0. The van der Waals surface area contributed by atoms with Crippen molar-refractivity contribution >= 4 is 17.5 Å². The Morgan fingerprint density at radius 3 is 2.35 bits per heavy atom. The number of carbonyl (C=O) groups is 2. The average Bonchev–Trinajstić information content (AvgIpc) is 2.68. The Morgan fingerprint density at radius 1 is 0.962 bits per heavy atom. The van der Waals surface area contributed by atoms with Crippen molar-refractivity contribution in [1.82, 2.24) is 15.3 Å². The van der Waals surface area contributed by atoms with Gasteiger partial charge in [0.15, 0.2) is 5.82 Å². The molecule has 2 aromatic rings. The minimum absolute atomic E-state index is 0.0357. The third-order valence-electron chi connectivity index (χ3n) is 4.61. The second-order valence-corrected chi connectivity index (χ2v) is 6.69. The van der Waals surface area contributed by atoms with E-state index in [0.29, 0.717) is 23.9 Å². The first kappa shape index (κ1) is 18.0. The molecular formula is C20H24N4O2. The predicted molar refractivity (Wildman–Crippen MR) is 100 cm³/mol. The number of nitrogens with zero attached hydrogens (tertiary/aromatic N) is 2. The zero-order valence-electron chi connectivity index (χ0n) is 14.8. The summed E-state index contributed by atoms with van der Waals surface area (Å²) >= 11 is 0. The molecule has 1 heterocycles. The van der Waals surface area contributed by atoms with Crippen molar-refractivity contribution in [2.75, 3.05) is 11.9 Å². The summed E-state index contributed by atoms with van der Waals surface area (Å²) in [6.07, 6.45) is 9.56. The van der Waals surface area contributed by atoms with E-state index in [2.05, 4.69) is 20.6 Å². The molecule has 1 aliphatic rings. The molecule has 2 N–H and O–H groups in total. The van der Waals surface area contributed by atoms with Crippen molar-refractivity contribution in [3.63, 3.8) is 0 Å². The summed E-state index contributed by atoms with van der Waals surface area (Å²) in [5.74, 6) is 0.732. The summed E-state index contributed by atoms with van der Waals surface area (Å²) in [4.78, 5) is 32.5. The molecule has 1 saturated carbocycles. The zero-order valence-corrected chi connectivity index (χ0v) is 14.8. The number of carbonyl (C=O) groups excluding carboxylic acids is 2. The lowest BCUT2D eigenvalue weighted by Gasteiger charge is -2.20. The van der Waals surface area contributed by atoms with Gasteiger partial charge in [0, 0.05) is 12.0 Å². The Labute approximate surface area is 153 Å². The summed E-state index contributed by atoms with van der Waals surface area (Å²) in [7, 11) is 0. The monoisotopic (exact) mass is 352 g/mol. The normalized spacial score (nSPS) is 14.6. The van der Waals surface area contributed by atoms with Crippen LogP contribution in [-0.4, -0.2) is 28.3 Å². The summed E-state index contributed by atoms with van der Waals surface area (Å²) in [5, 5.41) is 5.40.